The number of hydrogen-bond donors (Lipinski definition) is 2. The van der Waals surface area contributed by atoms with Crippen LogP contribution in [0.15, 0.2) is 32.1 Å². The number of hydrogen-bond acceptors (Lipinski definition) is 5. The first-order valence-electron chi connectivity index (χ1n) is 7.80. The zero-order chi connectivity index (χ0) is 18.4. The fraction of sp³-hybridized carbons (Fsp3) is 0.353. The van der Waals surface area contributed by atoms with Crippen molar-refractivity contribution in [3.63, 3.8) is 0 Å². The summed E-state index contributed by atoms with van der Waals surface area (Å²) in [6, 6.07) is 5.55. The third-order valence-electron chi connectivity index (χ3n) is 3.25. The molecule has 0 aliphatic heterocycles. The number of amides is 1. The predicted molar refractivity (Wildman–Crippen MR) is 99.9 cm³/mol. The van der Waals surface area contributed by atoms with Crippen molar-refractivity contribution in [3.8, 4) is 0 Å². The molecule has 7 nitrogen and oxygen atoms in total. The molecule has 0 radical (unpaired) electrons. The Hall–Kier alpha value is -2.19. The number of nitrogens with zero attached hydrogens (tertiary/aromatic N) is 2. The number of amidine groups is 1. The number of nitrogens with two attached hydrogens (primary N) is 1. The van der Waals surface area contributed by atoms with Crippen molar-refractivity contribution in [2.75, 3.05) is 18.5 Å². The van der Waals surface area contributed by atoms with Gasteiger partial charge in [0.05, 0.1) is 6.54 Å². The number of oxazole rings is 1. The number of ether oxygens (including phenoxy) is 1. The summed E-state index contributed by atoms with van der Waals surface area (Å²) in [7, 11) is 0. The predicted octanol–water partition coefficient (Wildman–Crippen LogP) is 3.20. The van der Waals surface area contributed by atoms with Gasteiger partial charge >= 0.3 is 0 Å². The molecule has 0 spiro atoms. The number of nitrogens with one attached hydrogen (secondary N) is 1. The van der Waals surface area contributed by atoms with Gasteiger partial charge in [0.25, 0.3) is 5.91 Å². The summed E-state index contributed by atoms with van der Waals surface area (Å²) >= 11 is 3.44. The van der Waals surface area contributed by atoms with Gasteiger partial charge in [-0.25, -0.2) is 4.98 Å². The Morgan fingerprint density at radius 1 is 1.40 bits per heavy atom. The van der Waals surface area contributed by atoms with Crippen LogP contribution < -0.4 is 11.1 Å². The number of benzene rings is 1. The molecule has 0 fully saturated rings. The lowest BCUT2D eigenvalue weighted by Gasteiger charge is -2.07. The molecule has 0 bridgehead atoms. The van der Waals surface area contributed by atoms with Crippen LogP contribution in [-0.4, -0.2) is 29.9 Å². The molecule has 0 aliphatic carbocycles. The highest BCUT2D eigenvalue weighted by atomic mass is 79.9. The standard InChI is InChI=1S/C17H21BrN4O3/c1-4-24-9-15(19)20-8-12-5-13(18)7-14(6-12)22-17(23)16-10(2)25-11(3)21-16/h5-7H,4,8-9H2,1-3H3,(H2,19,20)(H,22,23). The van der Waals surface area contributed by atoms with Crippen LogP contribution in [0.1, 0.15) is 34.6 Å². The zero-order valence-corrected chi connectivity index (χ0v) is 16.0. The van der Waals surface area contributed by atoms with E-state index in [1.54, 1.807) is 19.9 Å². The highest BCUT2D eigenvalue weighted by Gasteiger charge is 2.16. The molecule has 2 aromatic rings. The number of anilines is 1. The number of aliphatic imine (C=N–C) groups is 1. The van der Waals surface area contributed by atoms with E-state index < -0.39 is 0 Å². The molecular formula is C17H21BrN4O3. The Kier molecular flexibility index (Phi) is 6.72. The topological polar surface area (TPSA) is 103 Å². The van der Waals surface area contributed by atoms with Crippen molar-refractivity contribution in [2.24, 2.45) is 10.7 Å². The van der Waals surface area contributed by atoms with E-state index >= 15 is 0 Å². The van der Waals surface area contributed by atoms with Gasteiger partial charge in [-0.2, -0.15) is 0 Å². The second-order valence-corrected chi connectivity index (χ2v) is 6.30. The largest absolute Gasteiger partial charge is 0.445 e. The lowest BCUT2D eigenvalue weighted by molar-refractivity contribution is 0.102. The Bertz CT molecular complexity index is 786. The minimum atomic E-state index is -0.322. The first kappa shape index (κ1) is 19.1. The molecule has 1 amide bonds. The van der Waals surface area contributed by atoms with E-state index in [-0.39, 0.29) is 11.6 Å². The van der Waals surface area contributed by atoms with Crippen molar-refractivity contribution in [1.29, 1.82) is 0 Å². The van der Waals surface area contributed by atoms with Crippen molar-refractivity contribution < 1.29 is 13.9 Å². The molecule has 25 heavy (non-hydrogen) atoms. The van der Waals surface area contributed by atoms with Crippen LogP contribution in [0.25, 0.3) is 0 Å². The third kappa shape index (κ3) is 5.68. The second-order valence-electron chi connectivity index (χ2n) is 5.38. The Labute approximate surface area is 154 Å². The van der Waals surface area contributed by atoms with Crippen molar-refractivity contribution >= 4 is 33.4 Å². The number of aromatic nitrogens is 1. The highest BCUT2D eigenvalue weighted by Crippen LogP contribution is 2.21. The lowest BCUT2D eigenvalue weighted by Crippen LogP contribution is -2.19. The molecule has 8 heteroatoms. The monoisotopic (exact) mass is 408 g/mol. The van der Waals surface area contributed by atoms with Crippen LogP contribution in [0.3, 0.4) is 0 Å². The lowest BCUT2D eigenvalue weighted by atomic mass is 10.2. The van der Waals surface area contributed by atoms with E-state index in [1.165, 1.54) is 0 Å². The Morgan fingerprint density at radius 3 is 2.80 bits per heavy atom. The van der Waals surface area contributed by atoms with E-state index in [0.717, 1.165) is 10.0 Å². The van der Waals surface area contributed by atoms with Crippen LogP contribution in [0, 0.1) is 13.8 Å². The molecule has 0 unspecified atom stereocenters. The number of carbonyl (C=O) groups excluding carboxylic acids is 1. The average molecular weight is 409 g/mol. The molecule has 0 saturated heterocycles. The maximum absolute atomic E-state index is 12.3. The maximum Gasteiger partial charge on any atom is 0.277 e. The molecule has 0 saturated carbocycles. The molecule has 1 aromatic heterocycles. The summed E-state index contributed by atoms with van der Waals surface area (Å²) in [5.41, 5.74) is 7.59. The number of rotatable bonds is 7. The molecule has 0 atom stereocenters. The smallest absolute Gasteiger partial charge is 0.277 e. The van der Waals surface area contributed by atoms with Crippen LogP contribution in [0.4, 0.5) is 5.69 Å². The quantitative estimate of drug-likeness (QED) is 0.540. The molecule has 1 heterocycles. The molecule has 3 N–H and O–H groups in total. The van der Waals surface area contributed by atoms with E-state index in [9.17, 15) is 4.79 Å². The molecule has 2 rings (SSSR count). The third-order valence-corrected chi connectivity index (χ3v) is 3.71. The van der Waals surface area contributed by atoms with Gasteiger partial charge in [-0.1, -0.05) is 15.9 Å². The summed E-state index contributed by atoms with van der Waals surface area (Å²) in [5.74, 6) is 1.05. The van der Waals surface area contributed by atoms with Gasteiger partial charge in [0, 0.05) is 23.7 Å². The molecule has 0 aliphatic rings. The summed E-state index contributed by atoms with van der Waals surface area (Å²) in [6.07, 6.45) is 0. The Morgan fingerprint density at radius 2 is 2.16 bits per heavy atom. The second kappa shape index (κ2) is 8.77. The minimum absolute atomic E-state index is 0.276. The van der Waals surface area contributed by atoms with Crippen molar-refractivity contribution in [2.45, 2.75) is 27.3 Å². The average Bonchev–Trinajstić information content (AvgIpc) is 2.89. The van der Waals surface area contributed by atoms with Crippen LogP contribution in [0.2, 0.25) is 0 Å². The van der Waals surface area contributed by atoms with Crippen molar-refractivity contribution in [1.82, 2.24) is 4.98 Å². The van der Waals surface area contributed by atoms with Crippen molar-refractivity contribution in [3.05, 3.63) is 45.6 Å². The summed E-state index contributed by atoms with van der Waals surface area (Å²) in [6.45, 7) is 6.59. The summed E-state index contributed by atoms with van der Waals surface area (Å²) < 4.78 is 11.3. The zero-order valence-electron chi connectivity index (χ0n) is 14.4. The minimum Gasteiger partial charge on any atom is -0.445 e. The highest BCUT2D eigenvalue weighted by molar-refractivity contribution is 9.10. The Balaban J connectivity index is 2.10. The first-order chi connectivity index (χ1) is 11.9. The fourth-order valence-electron chi connectivity index (χ4n) is 2.19. The number of aryl methyl sites for hydroxylation is 2. The summed E-state index contributed by atoms with van der Waals surface area (Å²) in [5, 5.41) is 2.82. The molecule has 1 aromatic carbocycles. The normalized spacial score (nSPS) is 11.6. The van der Waals surface area contributed by atoms with Gasteiger partial charge in [0.1, 0.15) is 18.2 Å². The number of carbonyl (C=O) groups is 1. The van der Waals surface area contributed by atoms with E-state index in [2.05, 4.69) is 31.2 Å². The maximum atomic E-state index is 12.3. The van der Waals surface area contributed by atoms with Crippen LogP contribution in [0.5, 0.6) is 0 Å². The van der Waals surface area contributed by atoms with E-state index in [1.807, 2.05) is 19.1 Å². The van der Waals surface area contributed by atoms with Gasteiger partial charge < -0.3 is 20.2 Å². The fourth-order valence-corrected chi connectivity index (χ4v) is 2.73. The van der Waals surface area contributed by atoms with E-state index in [4.69, 9.17) is 14.9 Å². The van der Waals surface area contributed by atoms with Crippen LogP contribution in [-0.2, 0) is 11.3 Å². The van der Waals surface area contributed by atoms with Gasteiger partial charge in [0.15, 0.2) is 11.6 Å². The van der Waals surface area contributed by atoms with Crippen LogP contribution >= 0.6 is 15.9 Å². The van der Waals surface area contributed by atoms with Gasteiger partial charge in [-0.3, -0.25) is 9.79 Å². The SMILES string of the molecule is CCOC/C(N)=N\Cc1cc(Br)cc(NC(=O)c2nc(C)oc2C)c1. The van der Waals surface area contributed by atoms with Gasteiger partial charge in [-0.05, 0) is 37.6 Å². The first-order valence-corrected chi connectivity index (χ1v) is 8.59. The molecular weight excluding hydrogens is 388 g/mol. The van der Waals surface area contributed by atoms with Gasteiger partial charge in [-0.15, -0.1) is 0 Å². The number of halogens is 1. The summed E-state index contributed by atoms with van der Waals surface area (Å²) in [4.78, 5) is 20.7. The van der Waals surface area contributed by atoms with E-state index in [0.29, 0.717) is 42.9 Å². The molecule has 134 valence electrons. The van der Waals surface area contributed by atoms with Gasteiger partial charge in [0.2, 0.25) is 0 Å².